The summed E-state index contributed by atoms with van der Waals surface area (Å²) in [5.41, 5.74) is 2.15. The van der Waals surface area contributed by atoms with E-state index in [0.29, 0.717) is 10.6 Å². The first-order chi connectivity index (χ1) is 10.7. The topological polar surface area (TPSA) is 59.0 Å². The normalized spacial score (nSPS) is 18.2. The van der Waals surface area contributed by atoms with Crippen LogP contribution in [0.1, 0.15) is 28.9 Å². The summed E-state index contributed by atoms with van der Waals surface area (Å²) in [5, 5.41) is 11.3. The molecule has 0 bridgehead atoms. The van der Waals surface area contributed by atoms with Gasteiger partial charge >= 0.3 is 0 Å². The molecule has 116 valence electrons. The average molecular weight is 319 g/mol. The number of amides is 1. The zero-order valence-corrected chi connectivity index (χ0v) is 13.2. The molecule has 6 heteroatoms. The second kappa shape index (κ2) is 6.50. The van der Waals surface area contributed by atoms with Crippen molar-refractivity contribution in [3.8, 4) is 5.69 Å². The molecule has 2 heterocycles. The van der Waals surface area contributed by atoms with Gasteiger partial charge in [-0.05, 0) is 38.4 Å². The molecule has 1 atom stereocenters. The van der Waals surface area contributed by atoms with Crippen LogP contribution in [0.5, 0.6) is 0 Å². The summed E-state index contributed by atoms with van der Waals surface area (Å²) in [6.45, 7) is 3.73. The molecule has 0 spiro atoms. The van der Waals surface area contributed by atoms with Crippen molar-refractivity contribution < 1.29 is 4.79 Å². The first kappa shape index (κ1) is 15.1. The van der Waals surface area contributed by atoms with Crippen LogP contribution in [-0.2, 0) is 0 Å². The molecule has 22 heavy (non-hydrogen) atoms. The van der Waals surface area contributed by atoms with Crippen LogP contribution in [0, 0.1) is 6.92 Å². The number of nitrogens with zero attached hydrogens (tertiary/aromatic N) is 2. The number of benzene rings is 1. The third kappa shape index (κ3) is 3.00. The summed E-state index contributed by atoms with van der Waals surface area (Å²) >= 11 is 6.21. The summed E-state index contributed by atoms with van der Waals surface area (Å²) < 4.78 is 1.70. The minimum absolute atomic E-state index is 0.0792. The molecule has 1 aliphatic rings. The van der Waals surface area contributed by atoms with Gasteiger partial charge in [-0.1, -0.05) is 23.7 Å². The number of hydrogen-bond donors (Lipinski definition) is 2. The summed E-state index contributed by atoms with van der Waals surface area (Å²) in [6, 6.07) is 7.65. The third-order valence-electron chi connectivity index (χ3n) is 3.97. The summed E-state index contributed by atoms with van der Waals surface area (Å²) in [7, 11) is 0. The van der Waals surface area contributed by atoms with E-state index < -0.39 is 0 Å². The highest BCUT2D eigenvalue weighted by Gasteiger charge is 2.20. The Bertz CT molecular complexity index is 677. The van der Waals surface area contributed by atoms with Gasteiger partial charge in [0.1, 0.15) is 0 Å². The van der Waals surface area contributed by atoms with E-state index in [-0.39, 0.29) is 11.9 Å². The maximum Gasteiger partial charge on any atom is 0.255 e. The maximum absolute atomic E-state index is 12.4. The van der Waals surface area contributed by atoms with Crippen molar-refractivity contribution in [2.45, 2.75) is 25.8 Å². The Morgan fingerprint density at radius 1 is 1.45 bits per heavy atom. The fourth-order valence-electron chi connectivity index (χ4n) is 2.74. The van der Waals surface area contributed by atoms with Crippen LogP contribution in [0.4, 0.5) is 0 Å². The van der Waals surface area contributed by atoms with Crippen LogP contribution in [0.2, 0.25) is 5.02 Å². The maximum atomic E-state index is 12.4. The van der Waals surface area contributed by atoms with Gasteiger partial charge in [-0.2, -0.15) is 5.10 Å². The Labute approximate surface area is 134 Å². The van der Waals surface area contributed by atoms with Gasteiger partial charge in [-0.3, -0.25) is 4.79 Å². The van der Waals surface area contributed by atoms with Crippen molar-refractivity contribution in [1.29, 1.82) is 0 Å². The number of para-hydroxylation sites is 1. The summed E-state index contributed by atoms with van der Waals surface area (Å²) in [5.74, 6) is -0.0792. The molecule has 0 aliphatic carbocycles. The van der Waals surface area contributed by atoms with E-state index in [1.165, 1.54) is 0 Å². The minimum atomic E-state index is -0.0792. The monoisotopic (exact) mass is 318 g/mol. The lowest BCUT2D eigenvalue weighted by atomic mass is 10.1. The highest BCUT2D eigenvalue weighted by atomic mass is 35.5. The van der Waals surface area contributed by atoms with E-state index in [4.69, 9.17) is 11.6 Å². The quantitative estimate of drug-likeness (QED) is 0.913. The number of hydrogen-bond acceptors (Lipinski definition) is 3. The van der Waals surface area contributed by atoms with Crippen molar-refractivity contribution in [3.05, 3.63) is 46.7 Å². The molecule has 5 nitrogen and oxygen atoms in total. The van der Waals surface area contributed by atoms with E-state index in [1.54, 1.807) is 10.9 Å². The van der Waals surface area contributed by atoms with E-state index in [1.807, 2.05) is 31.2 Å². The lowest BCUT2D eigenvalue weighted by molar-refractivity contribution is 0.0930. The Morgan fingerprint density at radius 3 is 3.00 bits per heavy atom. The Morgan fingerprint density at radius 2 is 2.27 bits per heavy atom. The lowest BCUT2D eigenvalue weighted by Crippen LogP contribution is -2.45. The molecule has 1 amide bonds. The molecule has 2 aromatic rings. The number of carbonyl (C=O) groups excluding carboxylic acids is 1. The number of carbonyl (C=O) groups is 1. The SMILES string of the molecule is Cc1c(C(=O)NC2CCCNC2)cnn1-c1ccccc1Cl. The van der Waals surface area contributed by atoms with Crippen molar-refractivity contribution in [1.82, 2.24) is 20.4 Å². The molecule has 1 unspecified atom stereocenters. The predicted octanol–water partition coefficient (Wildman–Crippen LogP) is 2.32. The molecular weight excluding hydrogens is 300 g/mol. The van der Waals surface area contributed by atoms with Crippen LogP contribution < -0.4 is 10.6 Å². The standard InChI is InChI=1S/C16H19ClN4O/c1-11-13(16(22)20-12-5-4-8-18-9-12)10-19-21(11)15-7-3-2-6-14(15)17/h2-3,6-7,10,12,18H,4-5,8-9H2,1H3,(H,20,22). The van der Waals surface area contributed by atoms with Crippen molar-refractivity contribution >= 4 is 17.5 Å². The van der Waals surface area contributed by atoms with Gasteiger partial charge in [0.2, 0.25) is 0 Å². The second-order valence-corrected chi connectivity index (χ2v) is 5.93. The van der Waals surface area contributed by atoms with Gasteiger partial charge in [-0.15, -0.1) is 0 Å². The molecule has 1 aromatic carbocycles. The third-order valence-corrected chi connectivity index (χ3v) is 4.29. The summed E-state index contributed by atoms with van der Waals surface area (Å²) in [6.07, 6.45) is 3.70. The van der Waals surface area contributed by atoms with E-state index >= 15 is 0 Å². The molecule has 0 saturated carbocycles. The Hall–Kier alpha value is -1.85. The predicted molar refractivity (Wildman–Crippen MR) is 86.7 cm³/mol. The number of aromatic nitrogens is 2. The largest absolute Gasteiger partial charge is 0.348 e. The van der Waals surface area contributed by atoms with Crippen LogP contribution in [-0.4, -0.2) is 34.8 Å². The smallest absolute Gasteiger partial charge is 0.255 e. The first-order valence-electron chi connectivity index (χ1n) is 7.48. The van der Waals surface area contributed by atoms with Crippen LogP contribution in [0.3, 0.4) is 0 Å². The van der Waals surface area contributed by atoms with Crippen LogP contribution >= 0.6 is 11.6 Å². The molecule has 3 rings (SSSR count). The van der Waals surface area contributed by atoms with Crippen molar-refractivity contribution in [2.75, 3.05) is 13.1 Å². The lowest BCUT2D eigenvalue weighted by Gasteiger charge is -2.23. The van der Waals surface area contributed by atoms with Crippen molar-refractivity contribution in [3.63, 3.8) is 0 Å². The van der Waals surface area contributed by atoms with Gasteiger partial charge in [-0.25, -0.2) is 4.68 Å². The number of nitrogens with one attached hydrogen (secondary N) is 2. The number of rotatable bonds is 3. The van der Waals surface area contributed by atoms with Gasteiger partial charge in [0.15, 0.2) is 0 Å². The molecule has 0 radical (unpaired) electrons. The Balaban J connectivity index is 1.81. The zero-order chi connectivity index (χ0) is 15.5. The first-order valence-corrected chi connectivity index (χ1v) is 7.85. The Kier molecular flexibility index (Phi) is 4.45. The number of halogens is 1. The van der Waals surface area contributed by atoms with E-state index in [2.05, 4.69) is 15.7 Å². The summed E-state index contributed by atoms with van der Waals surface area (Å²) in [4.78, 5) is 12.4. The fourth-order valence-corrected chi connectivity index (χ4v) is 2.95. The highest BCUT2D eigenvalue weighted by molar-refractivity contribution is 6.32. The van der Waals surface area contributed by atoms with Crippen LogP contribution in [0.25, 0.3) is 5.69 Å². The molecule has 2 N–H and O–H groups in total. The van der Waals surface area contributed by atoms with Crippen LogP contribution in [0.15, 0.2) is 30.5 Å². The molecule has 1 fully saturated rings. The molecule has 1 aromatic heterocycles. The molecular formula is C16H19ClN4O. The second-order valence-electron chi connectivity index (χ2n) is 5.52. The van der Waals surface area contributed by atoms with Gasteiger partial charge in [0, 0.05) is 12.6 Å². The fraction of sp³-hybridized carbons (Fsp3) is 0.375. The highest BCUT2D eigenvalue weighted by Crippen LogP contribution is 2.22. The van der Waals surface area contributed by atoms with Gasteiger partial charge in [0.05, 0.1) is 28.2 Å². The van der Waals surface area contributed by atoms with Crippen molar-refractivity contribution in [2.24, 2.45) is 0 Å². The molecule has 1 aliphatic heterocycles. The zero-order valence-electron chi connectivity index (χ0n) is 12.5. The average Bonchev–Trinajstić information content (AvgIpc) is 2.90. The molecule has 1 saturated heterocycles. The van der Waals surface area contributed by atoms with E-state index in [0.717, 1.165) is 37.3 Å². The van der Waals surface area contributed by atoms with Gasteiger partial charge < -0.3 is 10.6 Å². The minimum Gasteiger partial charge on any atom is -0.348 e. The van der Waals surface area contributed by atoms with Gasteiger partial charge in [0.25, 0.3) is 5.91 Å². The van der Waals surface area contributed by atoms with E-state index in [9.17, 15) is 4.79 Å². The number of piperidine rings is 1.